The molecule has 2 aliphatic heterocycles. The molecule has 1 aromatic rings. The van der Waals surface area contributed by atoms with Crippen LogP contribution in [0.15, 0.2) is 83.4 Å². The smallest absolute Gasteiger partial charge is 0.405 e. The number of nitrogens with zero attached hydrogens (tertiary/aromatic N) is 1. The van der Waals surface area contributed by atoms with Crippen molar-refractivity contribution in [2.75, 3.05) is 25.5 Å². The number of hydrogen-bond donors (Lipinski definition) is 4. The van der Waals surface area contributed by atoms with Gasteiger partial charge in [0.05, 0.1) is 11.1 Å². The van der Waals surface area contributed by atoms with Crippen molar-refractivity contribution in [1.29, 1.82) is 0 Å². The van der Waals surface area contributed by atoms with E-state index in [1.807, 2.05) is 13.1 Å². The van der Waals surface area contributed by atoms with Gasteiger partial charge in [-0.05, 0) is 80.7 Å². The Morgan fingerprint density at radius 3 is 2.38 bits per heavy atom. The van der Waals surface area contributed by atoms with Crippen LogP contribution in [0.5, 0.6) is 0 Å². The van der Waals surface area contributed by atoms with Crippen molar-refractivity contribution in [1.82, 2.24) is 10.2 Å². The number of hydrogen-bond acceptors (Lipinski definition) is 5. The zero-order chi connectivity index (χ0) is 28.8. The third-order valence-electron chi connectivity index (χ3n) is 6.72. The number of allylic oxidation sites excluding steroid dienone is 5. The monoisotopic (exact) mass is 555 g/mol. The number of anilines is 1. The minimum atomic E-state index is -4.57. The predicted octanol–water partition coefficient (Wildman–Crippen LogP) is 5.97. The van der Waals surface area contributed by atoms with E-state index in [2.05, 4.69) is 22.5 Å². The number of nitrogens with one attached hydrogen (secondary N) is 2. The van der Waals surface area contributed by atoms with Gasteiger partial charge in [-0.15, -0.1) is 0 Å². The first-order valence-electron chi connectivity index (χ1n) is 12.7. The molecule has 2 bridgehead atoms. The molecule has 1 fully saturated rings. The van der Waals surface area contributed by atoms with Crippen molar-refractivity contribution in [3.05, 3.63) is 88.9 Å². The van der Waals surface area contributed by atoms with Crippen LogP contribution >= 0.6 is 0 Å². The van der Waals surface area contributed by atoms with E-state index in [0.29, 0.717) is 11.4 Å². The Hall–Kier alpha value is -3.18. The molecule has 1 aromatic carbocycles. The lowest BCUT2D eigenvalue weighted by Crippen LogP contribution is -2.69. The summed E-state index contributed by atoms with van der Waals surface area (Å²) in [5.41, 5.74) is 11.1. The zero-order valence-corrected chi connectivity index (χ0v) is 22.0. The maximum Gasteiger partial charge on any atom is 0.416 e. The van der Waals surface area contributed by atoms with Crippen LogP contribution in [0.3, 0.4) is 0 Å². The fraction of sp³-hybridized carbons (Fsp3) is 0.429. The van der Waals surface area contributed by atoms with Gasteiger partial charge in [0.1, 0.15) is 0 Å². The third kappa shape index (κ3) is 8.15. The Kier molecular flexibility index (Phi) is 9.60. The lowest BCUT2D eigenvalue weighted by Gasteiger charge is -2.54. The van der Waals surface area contributed by atoms with Crippen molar-refractivity contribution < 1.29 is 26.3 Å². The van der Waals surface area contributed by atoms with Crippen LogP contribution in [0, 0.1) is 0 Å². The summed E-state index contributed by atoms with van der Waals surface area (Å²) in [5.74, 6) is 0. The number of rotatable bonds is 11. The van der Waals surface area contributed by atoms with Gasteiger partial charge in [-0.2, -0.15) is 26.3 Å². The van der Waals surface area contributed by atoms with E-state index in [4.69, 9.17) is 11.5 Å². The fourth-order valence-corrected chi connectivity index (χ4v) is 4.78. The molecule has 2 heterocycles. The highest BCUT2D eigenvalue weighted by Gasteiger charge is 2.48. The average Bonchev–Trinajstić information content (AvgIpc) is 2.83. The van der Waals surface area contributed by atoms with E-state index >= 15 is 0 Å². The SMILES string of the molecule is CCCCN(C)CC12C=C(Nc3ccc(C(F)(F)F)cc3)/C(=C\C=C(/N)C/C(=C\C=C/N)C(F)(F)F)C(C1)N2. The molecule has 5 nitrogen and oxygen atoms in total. The quantitative estimate of drug-likeness (QED) is 0.200. The van der Waals surface area contributed by atoms with E-state index in [0.717, 1.165) is 68.4 Å². The minimum absolute atomic E-state index is 0.000774. The lowest BCUT2D eigenvalue weighted by molar-refractivity contribution is -0.137. The minimum Gasteiger partial charge on any atom is -0.405 e. The van der Waals surface area contributed by atoms with Crippen LogP contribution < -0.4 is 22.1 Å². The van der Waals surface area contributed by atoms with Crippen LogP contribution in [0.1, 0.15) is 38.2 Å². The summed E-state index contributed by atoms with van der Waals surface area (Å²) in [4.78, 5) is 2.23. The van der Waals surface area contributed by atoms with Gasteiger partial charge in [0.15, 0.2) is 0 Å². The van der Waals surface area contributed by atoms with Gasteiger partial charge >= 0.3 is 12.4 Å². The van der Waals surface area contributed by atoms with E-state index in [1.165, 1.54) is 18.2 Å². The Morgan fingerprint density at radius 1 is 1.15 bits per heavy atom. The van der Waals surface area contributed by atoms with Crippen molar-refractivity contribution in [2.24, 2.45) is 11.5 Å². The largest absolute Gasteiger partial charge is 0.416 e. The standard InChI is InChI=1S/C28H35F6N5/c1-3-4-14-39(2)18-26-16-24(37-22-10-7-19(8-11-22)27(29,30)31)23(25(17-26)38-26)12-9-21(36)15-20(6-5-13-35)28(32,33)34/h5-13,16,25,37-38H,3-4,14-15,17-18,35-36H2,1-2H3/b13-5-,20-6+,21-9-,23-12+. The summed E-state index contributed by atoms with van der Waals surface area (Å²) in [6.45, 7) is 3.78. The number of likely N-dealkylation sites (N-methyl/N-ethyl adjacent to an activating group) is 1. The van der Waals surface area contributed by atoms with E-state index < -0.39 is 29.9 Å². The Labute approximate surface area is 225 Å². The molecule has 4 rings (SSSR count). The van der Waals surface area contributed by atoms with E-state index in [1.54, 1.807) is 6.08 Å². The van der Waals surface area contributed by atoms with Gasteiger partial charge < -0.3 is 21.7 Å². The molecule has 0 aromatic heterocycles. The molecule has 2 unspecified atom stereocenters. The predicted molar refractivity (Wildman–Crippen MR) is 142 cm³/mol. The van der Waals surface area contributed by atoms with Gasteiger partial charge in [-0.25, -0.2) is 0 Å². The van der Waals surface area contributed by atoms with Crippen LogP contribution in [-0.2, 0) is 6.18 Å². The second kappa shape index (κ2) is 12.3. The molecule has 3 aliphatic rings. The summed E-state index contributed by atoms with van der Waals surface area (Å²) in [6.07, 6.45) is 1.45. The molecule has 214 valence electrons. The lowest BCUT2D eigenvalue weighted by atomic mass is 9.71. The number of unbranched alkanes of at least 4 members (excludes halogenated alkanes) is 1. The van der Waals surface area contributed by atoms with Crippen LogP contribution in [0.4, 0.5) is 32.0 Å². The van der Waals surface area contributed by atoms with Crippen molar-refractivity contribution in [3.63, 3.8) is 0 Å². The second-order valence-corrected chi connectivity index (χ2v) is 10.0. The first-order valence-corrected chi connectivity index (χ1v) is 12.7. The van der Waals surface area contributed by atoms with Gasteiger partial charge in [0.2, 0.25) is 0 Å². The molecule has 2 atom stereocenters. The van der Waals surface area contributed by atoms with E-state index in [9.17, 15) is 26.3 Å². The second-order valence-electron chi connectivity index (χ2n) is 10.0. The van der Waals surface area contributed by atoms with Gasteiger partial charge in [-0.3, -0.25) is 5.32 Å². The van der Waals surface area contributed by atoms with Crippen LogP contribution in [-0.4, -0.2) is 42.8 Å². The molecule has 1 saturated heterocycles. The first-order chi connectivity index (χ1) is 18.3. The molecular weight excluding hydrogens is 520 g/mol. The molecule has 11 heteroatoms. The Morgan fingerprint density at radius 2 is 1.82 bits per heavy atom. The summed E-state index contributed by atoms with van der Waals surface area (Å²) in [5, 5.41) is 6.76. The number of halogens is 6. The topological polar surface area (TPSA) is 79.3 Å². The van der Waals surface area contributed by atoms with Crippen molar-refractivity contribution in [2.45, 2.75) is 56.5 Å². The maximum absolute atomic E-state index is 13.4. The zero-order valence-electron chi connectivity index (χ0n) is 22.0. The molecule has 6 N–H and O–H groups in total. The Balaban J connectivity index is 1.89. The molecule has 0 radical (unpaired) electrons. The third-order valence-corrected chi connectivity index (χ3v) is 6.72. The maximum atomic E-state index is 13.4. The van der Waals surface area contributed by atoms with Gasteiger partial charge in [-0.1, -0.05) is 25.5 Å². The number of benzene rings is 1. The van der Waals surface area contributed by atoms with Gasteiger partial charge in [0, 0.05) is 41.7 Å². The highest BCUT2D eigenvalue weighted by atomic mass is 19.4. The molecule has 0 saturated carbocycles. The van der Waals surface area contributed by atoms with Crippen molar-refractivity contribution >= 4 is 5.69 Å². The summed E-state index contributed by atoms with van der Waals surface area (Å²) in [6, 6.07) is 4.62. The normalized spacial score (nSPS) is 23.4. The highest BCUT2D eigenvalue weighted by molar-refractivity contribution is 5.60. The van der Waals surface area contributed by atoms with Crippen LogP contribution in [0.25, 0.3) is 0 Å². The van der Waals surface area contributed by atoms with Gasteiger partial charge in [0.25, 0.3) is 0 Å². The number of fused-ring (bicyclic) bond motifs is 1. The van der Waals surface area contributed by atoms with Crippen molar-refractivity contribution in [3.8, 4) is 0 Å². The number of nitrogens with two attached hydrogens (primary N) is 2. The summed E-state index contributed by atoms with van der Waals surface area (Å²) < 4.78 is 79.1. The van der Waals surface area contributed by atoms with Crippen LogP contribution in [0.2, 0.25) is 0 Å². The first kappa shape index (κ1) is 30.4. The molecule has 39 heavy (non-hydrogen) atoms. The van der Waals surface area contributed by atoms with E-state index in [-0.39, 0.29) is 17.3 Å². The fourth-order valence-electron chi connectivity index (χ4n) is 4.78. The average molecular weight is 556 g/mol. The highest BCUT2D eigenvalue weighted by Crippen LogP contribution is 2.41. The molecule has 1 aliphatic carbocycles. The summed E-state index contributed by atoms with van der Waals surface area (Å²) >= 11 is 0. The number of alkyl halides is 6. The molecule has 0 spiro atoms. The molecule has 0 amide bonds. The Bertz CT molecular complexity index is 1140. The summed E-state index contributed by atoms with van der Waals surface area (Å²) in [7, 11) is 2.04. The molecular formula is C28H35F6N5.